The van der Waals surface area contributed by atoms with Crippen molar-refractivity contribution in [3.63, 3.8) is 0 Å². The maximum atomic E-state index is 10.2. The number of carbonyl (C=O) groups excluding carboxylic acids is 1. The minimum atomic E-state index is 0.679. The van der Waals surface area contributed by atoms with Crippen molar-refractivity contribution < 1.29 is 4.79 Å². The van der Waals surface area contributed by atoms with Gasteiger partial charge in [0.25, 0.3) is 0 Å². The zero-order valence-corrected chi connectivity index (χ0v) is 11.0. The van der Waals surface area contributed by atoms with Gasteiger partial charge in [-0.15, -0.1) is 11.8 Å². The number of aryl methyl sites for hydroxylation is 1. The Kier molecular flexibility index (Phi) is 5.11. The van der Waals surface area contributed by atoms with E-state index >= 15 is 0 Å². The highest BCUT2D eigenvalue weighted by atomic mass is 32.2. The highest BCUT2D eigenvalue weighted by molar-refractivity contribution is 8.00. The highest BCUT2D eigenvalue weighted by Crippen LogP contribution is 2.34. The monoisotopic (exact) mass is 248 g/mol. The Labute approximate surface area is 108 Å². The number of hydrogen-bond acceptors (Lipinski definition) is 2. The summed E-state index contributed by atoms with van der Waals surface area (Å²) in [7, 11) is 0. The summed E-state index contributed by atoms with van der Waals surface area (Å²) in [5.41, 5.74) is 1.35. The maximum Gasteiger partial charge on any atom is 0.120 e. The van der Waals surface area contributed by atoms with Crippen molar-refractivity contribution in [2.24, 2.45) is 0 Å². The predicted molar refractivity (Wildman–Crippen MR) is 73.6 cm³/mol. The van der Waals surface area contributed by atoms with E-state index in [1.165, 1.54) is 36.1 Å². The summed E-state index contributed by atoms with van der Waals surface area (Å²) in [5, 5.41) is 0.843. The minimum Gasteiger partial charge on any atom is -0.303 e. The Bertz CT molecular complexity index is 338. The Balaban J connectivity index is 1.81. The van der Waals surface area contributed by atoms with Crippen molar-refractivity contribution in [1.82, 2.24) is 0 Å². The second-order valence-corrected chi connectivity index (χ2v) is 6.10. The quantitative estimate of drug-likeness (QED) is 0.553. The first-order valence-corrected chi connectivity index (χ1v) is 7.45. The van der Waals surface area contributed by atoms with E-state index in [0.29, 0.717) is 6.42 Å². The van der Waals surface area contributed by atoms with E-state index in [4.69, 9.17) is 0 Å². The summed E-state index contributed by atoms with van der Waals surface area (Å²) in [4.78, 5) is 11.6. The van der Waals surface area contributed by atoms with Crippen molar-refractivity contribution in [1.29, 1.82) is 0 Å². The molecule has 0 amide bonds. The SMILES string of the molecule is O=CCCCc1ccc(SC2CCCC2)cc1. The average Bonchev–Trinajstić information content (AvgIpc) is 2.85. The number of unbranched alkanes of at least 4 members (excludes halogenated alkanes) is 1. The lowest BCUT2D eigenvalue weighted by Crippen LogP contribution is -1.93. The Morgan fingerprint density at radius 3 is 2.53 bits per heavy atom. The lowest BCUT2D eigenvalue weighted by molar-refractivity contribution is -0.107. The van der Waals surface area contributed by atoms with Gasteiger partial charge in [-0.3, -0.25) is 0 Å². The third-order valence-corrected chi connectivity index (χ3v) is 4.66. The van der Waals surface area contributed by atoms with Gasteiger partial charge in [0.05, 0.1) is 0 Å². The molecule has 1 saturated carbocycles. The molecule has 1 aromatic rings. The van der Waals surface area contributed by atoms with Crippen molar-refractivity contribution in [3.8, 4) is 0 Å². The first-order chi connectivity index (χ1) is 8.38. The number of aldehydes is 1. The topological polar surface area (TPSA) is 17.1 Å². The highest BCUT2D eigenvalue weighted by Gasteiger charge is 2.15. The molecule has 2 rings (SSSR count). The van der Waals surface area contributed by atoms with E-state index in [-0.39, 0.29) is 0 Å². The molecule has 0 spiro atoms. The van der Waals surface area contributed by atoms with Gasteiger partial charge in [0.15, 0.2) is 0 Å². The third-order valence-electron chi connectivity index (χ3n) is 3.32. The lowest BCUT2D eigenvalue weighted by Gasteiger charge is -2.09. The second-order valence-electron chi connectivity index (χ2n) is 4.73. The standard InChI is InChI=1S/C15H20OS/c16-12-4-3-5-13-8-10-15(11-9-13)17-14-6-1-2-7-14/h8-12,14H,1-7H2. The van der Waals surface area contributed by atoms with E-state index in [1.54, 1.807) is 0 Å². The molecular formula is C15H20OS. The van der Waals surface area contributed by atoms with Gasteiger partial charge in [-0.05, 0) is 43.4 Å². The smallest absolute Gasteiger partial charge is 0.120 e. The summed E-state index contributed by atoms with van der Waals surface area (Å²) >= 11 is 2.03. The molecule has 0 aliphatic heterocycles. The molecule has 0 unspecified atom stereocenters. The lowest BCUT2D eigenvalue weighted by atomic mass is 10.1. The van der Waals surface area contributed by atoms with Crippen LogP contribution in [0.1, 0.15) is 44.1 Å². The van der Waals surface area contributed by atoms with Crippen LogP contribution in [0.4, 0.5) is 0 Å². The van der Waals surface area contributed by atoms with Crippen LogP contribution in [0.5, 0.6) is 0 Å². The fourth-order valence-corrected chi connectivity index (χ4v) is 3.57. The zero-order valence-electron chi connectivity index (χ0n) is 10.2. The molecule has 92 valence electrons. The van der Waals surface area contributed by atoms with Crippen molar-refractivity contribution in [3.05, 3.63) is 29.8 Å². The first kappa shape index (κ1) is 12.7. The number of benzene rings is 1. The number of thioether (sulfide) groups is 1. The molecule has 1 nitrogen and oxygen atoms in total. The zero-order chi connectivity index (χ0) is 11.9. The predicted octanol–water partition coefficient (Wildman–Crippen LogP) is 4.24. The Morgan fingerprint density at radius 2 is 1.88 bits per heavy atom. The van der Waals surface area contributed by atoms with Crippen LogP contribution in [0, 0.1) is 0 Å². The van der Waals surface area contributed by atoms with Crippen LogP contribution in [0.3, 0.4) is 0 Å². The molecular weight excluding hydrogens is 228 g/mol. The Morgan fingerprint density at radius 1 is 1.18 bits per heavy atom. The fourth-order valence-electron chi connectivity index (χ4n) is 2.32. The third kappa shape index (κ3) is 4.19. The van der Waals surface area contributed by atoms with Gasteiger partial charge in [-0.1, -0.05) is 25.0 Å². The minimum absolute atomic E-state index is 0.679. The fraction of sp³-hybridized carbons (Fsp3) is 0.533. The average molecular weight is 248 g/mol. The van der Waals surface area contributed by atoms with Gasteiger partial charge in [0, 0.05) is 16.6 Å². The summed E-state index contributed by atoms with van der Waals surface area (Å²) in [6.45, 7) is 0. The van der Waals surface area contributed by atoms with E-state index < -0.39 is 0 Å². The molecule has 17 heavy (non-hydrogen) atoms. The van der Waals surface area contributed by atoms with Crippen LogP contribution in [0.2, 0.25) is 0 Å². The molecule has 0 N–H and O–H groups in total. The molecule has 1 fully saturated rings. The van der Waals surface area contributed by atoms with E-state index in [0.717, 1.165) is 24.4 Å². The molecule has 0 radical (unpaired) electrons. The van der Waals surface area contributed by atoms with E-state index in [1.807, 2.05) is 11.8 Å². The molecule has 1 aliphatic carbocycles. The van der Waals surface area contributed by atoms with E-state index in [9.17, 15) is 4.79 Å². The summed E-state index contributed by atoms with van der Waals surface area (Å²) in [6.07, 6.45) is 9.25. The van der Waals surface area contributed by atoms with Gasteiger partial charge < -0.3 is 4.79 Å². The van der Waals surface area contributed by atoms with Gasteiger partial charge in [0.1, 0.15) is 6.29 Å². The second kappa shape index (κ2) is 6.85. The van der Waals surface area contributed by atoms with Gasteiger partial charge >= 0.3 is 0 Å². The summed E-state index contributed by atoms with van der Waals surface area (Å²) in [6, 6.07) is 8.89. The first-order valence-electron chi connectivity index (χ1n) is 6.58. The van der Waals surface area contributed by atoms with Gasteiger partial charge in [-0.25, -0.2) is 0 Å². The maximum absolute atomic E-state index is 10.2. The Hall–Kier alpha value is -0.760. The normalized spacial score (nSPS) is 16.2. The van der Waals surface area contributed by atoms with Crippen LogP contribution < -0.4 is 0 Å². The molecule has 0 saturated heterocycles. The molecule has 0 heterocycles. The van der Waals surface area contributed by atoms with Crippen LogP contribution in [0.15, 0.2) is 29.2 Å². The van der Waals surface area contributed by atoms with E-state index in [2.05, 4.69) is 24.3 Å². The largest absolute Gasteiger partial charge is 0.303 e. The number of rotatable bonds is 6. The van der Waals surface area contributed by atoms with Crippen LogP contribution in [-0.2, 0) is 11.2 Å². The number of carbonyl (C=O) groups is 1. The molecule has 1 aromatic carbocycles. The summed E-state index contributed by atoms with van der Waals surface area (Å²) in [5.74, 6) is 0. The molecule has 2 heteroatoms. The molecule has 1 aliphatic rings. The van der Waals surface area contributed by atoms with Crippen molar-refractivity contribution >= 4 is 18.0 Å². The molecule has 0 atom stereocenters. The van der Waals surface area contributed by atoms with Crippen LogP contribution >= 0.6 is 11.8 Å². The van der Waals surface area contributed by atoms with Crippen molar-refractivity contribution in [2.45, 2.75) is 55.1 Å². The van der Waals surface area contributed by atoms with Crippen molar-refractivity contribution in [2.75, 3.05) is 0 Å². The number of hydrogen-bond donors (Lipinski definition) is 0. The van der Waals surface area contributed by atoms with Gasteiger partial charge in [-0.2, -0.15) is 0 Å². The van der Waals surface area contributed by atoms with Crippen LogP contribution in [-0.4, -0.2) is 11.5 Å². The molecule has 0 aromatic heterocycles. The molecule has 0 bridgehead atoms. The van der Waals surface area contributed by atoms with Crippen LogP contribution in [0.25, 0.3) is 0 Å². The van der Waals surface area contributed by atoms with Gasteiger partial charge in [0.2, 0.25) is 0 Å². The summed E-state index contributed by atoms with van der Waals surface area (Å²) < 4.78 is 0.